The number of aromatic nitrogens is 1. The van der Waals surface area contributed by atoms with Gasteiger partial charge in [-0.15, -0.1) is 0 Å². The van der Waals surface area contributed by atoms with Gasteiger partial charge in [-0.1, -0.05) is 62.4 Å². The highest BCUT2D eigenvalue weighted by Crippen LogP contribution is 2.36. The normalized spacial score (nSPS) is 13.0. The number of benzene rings is 1. The number of thiazole rings is 1. The van der Waals surface area contributed by atoms with Gasteiger partial charge < -0.3 is 10.4 Å². The molecule has 21 heavy (non-hydrogen) atoms. The molecule has 0 radical (unpaired) electrons. The lowest BCUT2D eigenvalue weighted by Gasteiger charge is -2.15. The molecule has 0 spiro atoms. The molecule has 4 nitrogen and oxygen atoms in total. The van der Waals surface area contributed by atoms with Crippen molar-refractivity contribution >= 4 is 38.3 Å². The maximum atomic E-state index is 12.0. The zero-order valence-electron chi connectivity index (χ0n) is 12.1. The van der Waals surface area contributed by atoms with Crippen molar-refractivity contribution in [1.29, 1.82) is 0 Å². The van der Waals surface area contributed by atoms with Gasteiger partial charge in [-0.3, -0.25) is 4.79 Å². The van der Waals surface area contributed by atoms with Gasteiger partial charge in [-0.2, -0.15) is 0 Å². The Morgan fingerprint density at radius 3 is 2.52 bits per heavy atom. The van der Waals surface area contributed by atoms with Gasteiger partial charge in [-0.25, -0.2) is 4.98 Å². The third-order valence-corrected chi connectivity index (χ3v) is 4.77. The zero-order chi connectivity index (χ0) is 15.6. The van der Waals surface area contributed by atoms with Crippen molar-refractivity contribution in [3.63, 3.8) is 0 Å². The van der Waals surface area contributed by atoms with Gasteiger partial charge in [0.25, 0.3) is 0 Å². The summed E-state index contributed by atoms with van der Waals surface area (Å²) >= 11 is 4.61. The summed E-state index contributed by atoms with van der Waals surface area (Å²) in [5.74, 6) is -0.107. The van der Waals surface area contributed by atoms with E-state index in [1.54, 1.807) is 0 Å². The van der Waals surface area contributed by atoms with E-state index in [9.17, 15) is 9.90 Å². The number of carbonyl (C=O) groups is 1. The predicted octanol–water partition coefficient (Wildman–Crippen LogP) is 3.97. The van der Waals surface area contributed by atoms with Crippen molar-refractivity contribution in [3.05, 3.63) is 45.4 Å². The Morgan fingerprint density at radius 1 is 1.33 bits per heavy atom. The molecular formula is C15H17BrN2O2S. The SMILES string of the molecule is CC(C)(C)C(=O)Nc1nc(Br)c(C(O)c2ccccc2)s1. The first-order chi connectivity index (χ1) is 9.79. The van der Waals surface area contributed by atoms with Crippen LogP contribution in [0.15, 0.2) is 34.9 Å². The average Bonchev–Trinajstić information content (AvgIpc) is 2.78. The molecule has 1 aromatic heterocycles. The molecule has 0 saturated heterocycles. The molecular weight excluding hydrogens is 352 g/mol. The van der Waals surface area contributed by atoms with Crippen LogP contribution in [0.5, 0.6) is 0 Å². The van der Waals surface area contributed by atoms with E-state index in [0.717, 1.165) is 5.56 Å². The van der Waals surface area contributed by atoms with E-state index in [0.29, 0.717) is 14.6 Å². The van der Waals surface area contributed by atoms with E-state index in [-0.39, 0.29) is 5.91 Å². The summed E-state index contributed by atoms with van der Waals surface area (Å²) in [4.78, 5) is 16.9. The summed E-state index contributed by atoms with van der Waals surface area (Å²) in [7, 11) is 0. The molecule has 1 heterocycles. The van der Waals surface area contributed by atoms with Crippen molar-refractivity contribution in [1.82, 2.24) is 4.98 Å². The zero-order valence-corrected chi connectivity index (χ0v) is 14.5. The second-order valence-electron chi connectivity index (χ2n) is 5.69. The molecule has 1 aromatic carbocycles. The number of anilines is 1. The van der Waals surface area contributed by atoms with Crippen molar-refractivity contribution in [2.45, 2.75) is 26.9 Å². The third kappa shape index (κ3) is 3.90. The van der Waals surface area contributed by atoms with Crippen LogP contribution in [0.1, 0.15) is 37.3 Å². The molecule has 0 fully saturated rings. The van der Waals surface area contributed by atoms with Gasteiger partial charge in [0.2, 0.25) is 5.91 Å². The second kappa shape index (κ2) is 6.25. The molecule has 6 heteroatoms. The van der Waals surface area contributed by atoms with Crippen LogP contribution in [0.2, 0.25) is 0 Å². The minimum absolute atomic E-state index is 0.107. The van der Waals surface area contributed by atoms with Gasteiger partial charge in [0, 0.05) is 5.41 Å². The highest BCUT2D eigenvalue weighted by molar-refractivity contribution is 9.10. The molecule has 0 aliphatic rings. The molecule has 0 aliphatic heterocycles. The maximum absolute atomic E-state index is 12.0. The highest BCUT2D eigenvalue weighted by atomic mass is 79.9. The topological polar surface area (TPSA) is 62.2 Å². The monoisotopic (exact) mass is 368 g/mol. The van der Waals surface area contributed by atoms with Crippen LogP contribution >= 0.6 is 27.3 Å². The highest BCUT2D eigenvalue weighted by Gasteiger charge is 2.24. The van der Waals surface area contributed by atoms with E-state index in [1.807, 2.05) is 51.1 Å². The quantitative estimate of drug-likeness (QED) is 0.861. The van der Waals surface area contributed by atoms with Crippen molar-refractivity contribution in [3.8, 4) is 0 Å². The lowest BCUT2D eigenvalue weighted by molar-refractivity contribution is -0.123. The first kappa shape index (κ1) is 16.1. The van der Waals surface area contributed by atoms with Crippen molar-refractivity contribution in [2.75, 3.05) is 5.32 Å². The number of hydrogen-bond acceptors (Lipinski definition) is 4. The lowest BCUT2D eigenvalue weighted by atomic mass is 9.96. The molecule has 0 bridgehead atoms. The summed E-state index contributed by atoms with van der Waals surface area (Å²) in [6.45, 7) is 5.51. The van der Waals surface area contributed by atoms with Gasteiger partial charge in [0.05, 0.1) is 4.88 Å². The van der Waals surface area contributed by atoms with Crippen LogP contribution < -0.4 is 5.32 Å². The number of rotatable bonds is 3. The fourth-order valence-corrected chi connectivity index (χ4v) is 3.23. The number of nitrogens with one attached hydrogen (secondary N) is 1. The number of amides is 1. The van der Waals surface area contributed by atoms with Gasteiger partial charge in [0.15, 0.2) is 5.13 Å². The van der Waals surface area contributed by atoms with Gasteiger partial charge in [-0.05, 0) is 21.5 Å². The minimum atomic E-state index is -0.765. The summed E-state index contributed by atoms with van der Waals surface area (Å²) in [6.07, 6.45) is -0.765. The second-order valence-corrected chi connectivity index (χ2v) is 7.47. The smallest absolute Gasteiger partial charge is 0.231 e. The summed E-state index contributed by atoms with van der Waals surface area (Å²) in [5, 5.41) is 13.7. The Morgan fingerprint density at radius 2 is 1.95 bits per heavy atom. The largest absolute Gasteiger partial charge is 0.383 e. The average molecular weight is 369 g/mol. The Balaban J connectivity index is 2.22. The molecule has 2 aromatic rings. The Labute approximate surface area is 136 Å². The molecule has 1 unspecified atom stereocenters. The number of aliphatic hydroxyl groups is 1. The summed E-state index contributed by atoms with van der Waals surface area (Å²) < 4.78 is 0.549. The summed E-state index contributed by atoms with van der Waals surface area (Å²) in [6, 6.07) is 9.34. The third-order valence-electron chi connectivity index (χ3n) is 2.87. The number of hydrogen-bond donors (Lipinski definition) is 2. The van der Waals surface area contributed by atoms with Crippen LogP contribution in [-0.2, 0) is 4.79 Å². The molecule has 0 saturated carbocycles. The molecule has 112 valence electrons. The molecule has 2 N–H and O–H groups in total. The Bertz CT molecular complexity index is 635. The molecule has 1 amide bonds. The minimum Gasteiger partial charge on any atom is -0.383 e. The number of aliphatic hydroxyl groups excluding tert-OH is 1. The van der Waals surface area contributed by atoms with Gasteiger partial charge in [0.1, 0.15) is 10.7 Å². The lowest BCUT2D eigenvalue weighted by Crippen LogP contribution is -2.27. The van der Waals surface area contributed by atoms with Crippen molar-refractivity contribution in [2.24, 2.45) is 5.41 Å². The van der Waals surface area contributed by atoms with Crippen LogP contribution in [-0.4, -0.2) is 16.0 Å². The van der Waals surface area contributed by atoms with E-state index >= 15 is 0 Å². The summed E-state index contributed by atoms with van der Waals surface area (Å²) in [5.41, 5.74) is 0.298. The Kier molecular flexibility index (Phi) is 4.81. The van der Waals surface area contributed by atoms with Gasteiger partial charge >= 0.3 is 0 Å². The number of halogens is 1. The number of nitrogens with zero attached hydrogens (tertiary/aromatic N) is 1. The standard InChI is InChI=1S/C15H17BrN2O2S/c1-15(2,3)13(20)18-14-17-12(16)11(21-14)10(19)9-7-5-4-6-8-9/h4-8,10,19H,1-3H3,(H,17,18,20). The maximum Gasteiger partial charge on any atom is 0.231 e. The van der Waals surface area contributed by atoms with Crippen LogP contribution in [0.25, 0.3) is 0 Å². The fourth-order valence-electron chi connectivity index (χ4n) is 1.61. The first-order valence-corrected chi connectivity index (χ1v) is 8.10. The fraction of sp³-hybridized carbons (Fsp3) is 0.333. The van der Waals surface area contributed by atoms with Crippen LogP contribution in [0.3, 0.4) is 0 Å². The van der Waals surface area contributed by atoms with E-state index in [4.69, 9.17) is 0 Å². The van der Waals surface area contributed by atoms with E-state index < -0.39 is 11.5 Å². The van der Waals surface area contributed by atoms with Crippen LogP contribution in [0, 0.1) is 5.41 Å². The molecule has 2 rings (SSSR count). The van der Waals surface area contributed by atoms with Crippen molar-refractivity contribution < 1.29 is 9.90 Å². The van der Waals surface area contributed by atoms with E-state index in [1.165, 1.54) is 11.3 Å². The van der Waals surface area contributed by atoms with E-state index in [2.05, 4.69) is 26.2 Å². The molecule has 1 atom stereocenters. The number of carbonyl (C=O) groups excluding carboxylic acids is 1. The molecule has 0 aliphatic carbocycles. The predicted molar refractivity (Wildman–Crippen MR) is 88.4 cm³/mol. The van der Waals surface area contributed by atoms with Crippen LogP contribution in [0.4, 0.5) is 5.13 Å². The Hall–Kier alpha value is -1.24. The first-order valence-electron chi connectivity index (χ1n) is 6.49.